The zero-order valence-corrected chi connectivity index (χ0v) is 18.3. The molecule has 0 atom stereocenters. The molecule has 0 radical (unpaired) electrons. The summed E-state index contributed by atoms with van der Waals surface area (Å²) in [5.74, 6) is 0.597. The van der Waals surface area contributed by atoms with Crippen molar-refractivity contribution in [2.45, 2.75) is 57.4 Å². The van der Waals surface area contributed by atoms with Crippen LogP contribution in [0.25, 0.3) is 0 Å². The zero-order valence-electron chi connectivity index (χ0n) is 18.3. The zero-order chi connectivity index (χ0) is 21.7. The number of rotatable bonds is 7. The maximum Gasteiger partial charge on any atom is 0.263 e. The van der Waals surface area contributed by atoms with Crippen LogP contribution in [0, 0.1) is 0 Å². The summed E-state index contributed by atoms with van der Waals surface area (Å²) in [4.78, 5) is 28.4. The maximum atomic E-state index is 13.4. The molecule has 0 spiro atoms. The second-order valence-corrected chi connectivity index (χ2v) is 8.00. The molecule has 6 nitrogen and oxygen atoms in total. The Morgan fingerprint density at radius 1 is 1.23 bits per heavy atom. The van der Waals surface area contributed by atoms with Crippen molar-refractivity contribution in [1.29, 1.82) is 0 Å². The maximum absolute atomic E-state index is 13.4. The van der Waals surface area contributed by atoms with Crippen molar-refractivity contribution in [3.63, 3.8) is 0 Å². The second kappa shape index (κ2) is 9.37. The van der Waals surface area contributed by atoms with Gasteiger partial charge in [-0.1, -0.05) is 44.9 Å². The van der Waals surface area contributed by atoms with Crippen LogP contribution < -0.4 is 15.0 Å². The molecular formula is C24H32N2O4. The minimum Gasteiger partial charge on any atom is -0.499 e. The van der Waals surface area contributed by atoms with Gasteiger partial charge in [-0.05, 0) is 37.3 Å². The van der Waals surface area contributed by atoms with E-state index in [4.69, 9.17) is 9.47 Å². The summed E-state index contributed by atoms with van der Waals surface area (Å²) in [6, 6.07) is 5.70. The summed E-state index contributed by atoms with van der Waals surface area (Å²) >= 11 is 0. The van der Waals surface area contributed by atoms with Gasteiger partial charge in [0.1, 0.15) is 17.1 Å². The van der Waals surface area contributed by atoms with Gasteiger partial charge in [0.05, 0.1) is 25.4 Å². The Morgan fingerprint density at radius 2 is 1.97 bits per heavy atom. The Kier molecular flexibility index (Phi) is 6.85. The van der Waals surface area contributed by atoms with Gasteiger partial charge in [0.15, 0.2) is 0 Å². The van der Waals surface area contributed by atoms with Crippen LogP contribution in [0.3, 0.4) is 0 Å². The minimum absolute atomic E-state index is 0.174. The summed E-state index contributed by atoms with van der Waals surface area (Å²) in [5.41, 5.74) is 1.35. The van der Waals surface area contributed by atoms with Crippen molar-refractivity contribution in [3.05, 3.63) is 47.7 Å². The molecule has 0 unspecified atom stereocenters. The van der Waals surface area contributed by atoms with Crippen molar-refractivity contribution >= 4 is 17.5 Å². The smallest absolute Gasteiger partial charge is 0.263 e. The number of carbonyl (C=O) groups is 2. The molecule has 1 saturated carbocycles. The van der Waals surface area contributed by atoms with E-state index in [9.17, 15) is 9.59 Å². The first-order chi connectivity index (χ1) is 14.5. The Bertz CT molecular complexity index is 853. The Balaban J connectivity index is 1.92. The largest absolute Gasteiger partial charge is 0.499 e. The predicted octanol–water partition coefficient (Wildman–Crippen LogP) is 3.90. The van der Waals surface area contributed by atoms with Crippen molar-refractivity contribution in [3.8, 4) is 5.75 Å². The summed E-state index contributed by atoms with van der Waals surface area (Å²) < 4.78 is 10.8. The third kappa shape index (κ3) is 4.23. The molecule has 6 heteroatoms. The first-order valence-electron chi connectivity index (χ1n) is 10.7. The highest BCUT2D eigenvalue weighted by atomic mass is 16.5. The first kappa shape index (κ1) is 21.9. The quantitative estimate of drug-likeness (QED) is 0.545. The van der Waals surface area contributed by atoms with Crippen LogP contribution in [0.1, 0.15) is 51.0 Å². The van der Waals surface area contributed by atoms with Crippen LogP contribution in [0.5, 0.6) is 5.75 Å². The highest BCUT2D eigenvalue weighted by molar-refractivity contribution is 6.24. The molecule has 1 N–H and O–H groups in total. The van der Waals surface area contributed by atoms with Crippen molar-refractivity contribution in [1.82, 2.24) is 5.32 Å². The number of ether oxygens (including phenoxy) is 2. The van der Waals surface area contributed by atoms with Crippen molar-refractivity contribution in [2.75, 3.05) is 25.7 Å². The Labute approximate surface area is 178 Å². The molecule has 1 aliphatic heterocycles. The van der Waals surface area contributed by atoms with Gasteiger partial charge in [-0.2, -0.15) is 0 Å². The number of anilines is 1. The fourth-order valence-electron chi connectivity index (χ4n) is 4.39. The van der Waals surface area contributed by atoms with Gasteiger partial charge in [0, 0.05) is 12.6 Å². The molecule has 30 heavy (non-hydrogen) atoms. The average molecular weight is 413 g/mol. The lowest BCUT2D eigenvalue weighted by molar-refractivity contribution is -0.123. The van der Waals surface area contributed by atoms with Gasteiger partial charge < -0.3 is 19.7 Å². The van der Waals surface area contributed by atoms with E-state index in [1.54, 1.807) is 25.2 Å². The predicted molar refractivity (Wildman–Crippen MR) is 118 cm³/mol. The number of benzene rings is 1. The summed E-state index contributed by atoms with van der Waals surface area (Å²) in [7, 11) is 3.18. The average Bonchev–Trinajstić information content (AvgIpc) is 2.90. The van der Waals surface area contributed by atoms with Crippen LogP contribution in [0.15, 0.2) is 42.2 Å². The van der Waals surface area contributed by atoms with Gasteiger partial charge in [-0.15, -0.1) is 0 Å². The molecule has 3 rings (SSSR count). The van der Waals surface area contributed by atoms with E-state index in [0.717, 1.165) is 49.8 Å². The Morgan fingerprint density at radius 3 is 2.60 bits per heavy atom. The number of allylic oxidation sites excluding steroid dienone is 1. The molecular weight excluding hydrogens is 380 g/mol. The van der Waals surface area contributed by atoms with E-state index in [0.29, 0.717) is 24.5 Å². The van der Waals surface area contributed by atoms with E-state index in [2.05, 4.69) is 11.9 Å². The third-order valence-corrected chi connectivity index (χ3v) is 6.12. The number of hydrogen-bond donors (Lipinski definition) is 1. The minimum atomic E-state index is -0.622. The number of amides is 2. The monoisotopic (exact) mass is 412 g/mol. The fraction of sp³-hybridized carbons (Fsp3) is 0.500. The molecule has 1 fully saturated rings. The summed E-state index contributed by atoms with van der Waals surface area (Å²) in [6.07, 6.45) is 7.66. The van der Waals surface area contributed by atoms with Crippen LogP contribution >= 0.6 is 0 Å². The molecule has 162 valence electrons. The van der Waals surface area contributed by atoms with E-state index in [-0.39, 0.29) is 17.4 Å². The van der Waals surface area contributed by atoms with E-state index >= 15 is 0 Å². The second-order valence-electron chi connectivity index (χ2n) is 8.00. The number of hydrogen-bond acceptors (Lipinski definition) is 4. The SMILES string of the molecule is C=C(OC)C1(NC(=O)C2=CCc3ccc(OC)cc3N(CCC)C2=O)CCCCC1. The number of nitrogens with one attached hydrogen (secondary N) is 1. The van der Waals surface area contributed by atoms with Gasteiger partial charge >= 0.3 is 0 Å². The standard InChI is InChI=1S/C24H32N2O4/c1-5-15-26-21-16-19(30-4)11-9-18(21)10-12-20(23(26)28)22(27)25-24(17(2)29-3)13-7-6-8-14-24/h9,11-12,16H,2,5-8,10,13-15H2,1,3-4H3,(H,25,27). The van der Waals surface area contributed by atoms with Crippen molar-refractivity contribution < 1.29 is 19.1 Å². The molecule has 0 bridgehead atoms. The number of fused-ring (bicyclic) bond motifs is 1. The van der Waals surface area contributed by atoms with Gasteiger partial charge in [0.2, 0.25) is 0 Å². The topological polar surface area (TPSA) is 67.9 Å². The molecule has 2 aliphatic rings. The van der Waals surface area contributed by atoms with E-state index in [1.807, 2.05) is 25.1 Å². The van der Waals surface area contributed by atoms with E-state index in [1.165, 1.54) is 0 Å². The van der Waals surface area contributed by atoms with Gasteiger partial charge in [-0.25, -0.2) is 0 Å². The molecule has 0 saturated heterocycles. The van der Waals surface area contributed by atoms with E-state index < -0.39 is 5.54 Å². The molecule has 0 aromatic heterocycles. The van der Waals surface area contributed by atoms with Gasteiger partial charge in [0.25, 0.3) is 11.8 Å². The Hall–Kier alpha value is -2.76. The summed E-state index contributed by atoms with van der Waals surface area (Å²) in [5, 5.41) is 3.12. The molecule has 1 aromatic rings. The molecule has 1 heterocycles. The highest BCUT2D eigenvalue weighted by Gasteiger charge is 2.40. The van der Waals surface area contributed by atoms with Crippen LogP contribution in [0.2, 0.25) is 0 Å². The van der Waals surface area contributed by atoms with Crippen LogP contribution in [-0.2, 0) is 20.7 Å². The lowest BCUT2D eigenvalue weighted by Crippen LogP contribution is -2.53. The third-order valence-electron chi connectivity index (χ3n) is 6.12. The molecule has 1 aromatic carbocycles. The molecule has 2 amide bonds. The van der Waals surface area contributed by atoms with Crippen molar-refractivity contribution in [2.24, 2.45) is 0 Å². The lowest BCUT2D eigenvalue weighted by atomic mass is 9.80. The normalized spacial score (nSPS) is 18.0. The number of nitrogens with zero attached hydrogens (tertiary/aromatic N) is 1. The number of carbonyl (C=O) groups excluding carboxylic acids is 2. The van der Waals surface area contributed by atoms with Crippen LogP contribution in [0.4, 0.5) is 5.69 Å². The lowest BCUT2D eigenvalue weighted by Gasteiger charge is -2.38. The van der Waals surface area contributed by atoms with Gasteiger partial charge in [-0.3, -0.25) is 9.59 Å². The van der Waals surface area contributed by atoms with Crippen LogP contribution in [-0.4, -0.2) is 38.1 Å². The first-order valence-corrected chi connectivity index (χ1v) is 10.7. The number of methoxy groups -OCH3 is 2. The summed E-state index contributed by atoms with van der Waals surface area (Å²) in [6.45, 7) is 6.58. The highest BCUT2D eigenvalue weighted by Crippen LogP contribution is 2.35. The molecule has 1 aliphatic carbocycles. The fourth-order valence-corrected chi connectivity index (χ4v) is 4.39.